The third kappa shape index (κ3) is 38.7. The van der Waals surface area contributed by atoms with Crippen molar-refractivity contribution in [2.45, 2.75) is 19.8 Å². The van der Waals surface area contributed by atoms with Crippen LogP contribution in [-0.4, -0.2) is 23.9 Å². The van der Waals surface area contributed by atoms with Crippen molar-refractivity contribution < 1.29 is 19.4 Å². The van der Waals surface area contributed by atoms with E-state index in [4.69, 9.17) is 9.90 Å². The average molecular weight is 178 g/mol. The number of amides is 2. The number of nitrogens with two attached hydrogens (primary N) is 2. The van der Waals surface area contributed by atoms with Crippen molar-refractivity contribution in [1.29, 1.82) is 0 Å². The first-order valence-corrected chi connectivity index (χ1v) is 3.41. The molecule has 0 aliphatic carbocycles. The van der Waals surface area contributed by atoms with Crippen molar-refractivity contribution in [1.82, 2.24) is 0 Å². The van der Waals surface area contributed by atoms with Crippen molar-refractivity contribution in [2.75, 3.05) is 6.61 Å². The Labute approximate surface area is 70.5 Å². The number of rotatable bonds is 3. The highest BCUT2D eigenvalue weighted by atomic mass is 16.7. The molecule has 6 nitrogen and oxygen atoms in total. The molecule has 0 aromatic carbocycles. The fourth-order valence-electron chi connectivity index (χ4n) is 0.304. The second-order valence-electron chi connectivity index (χ2n) is 1.87. The Balaban J connectivity index is 0. The van der Waals surface area contributed by atoms with Gasteiger partial charge < -0.3 is 21.3 Å². The van der Waals surface area contributed by atoms with Gasteiger partial charge >= 0.3 is 12.2 Å². The lowest BCUT2D eigenvalue weighted by Gasteiger charge is -1.94. The van der Waals surface area contributed by atoms with E-state index in [-0.39, 0.29) is 0 Å². The molecule has 2 amide bonds. The molecule has 0 aromatic rings. The molecule has 6 heteroatoms. The number of hydrogen-bond donors (Lipinski definition) is 3. The van der Waals surface area contributed by atoms with Crippen LogP contribution in [0, 0.1) is 0 Å². The van der Waals surface area contributed by atoms with Gasteiger partial charge in [0.1, 0.15) is 0 Å². The Morgan fingerprint density at radius 2 is 1.83 bits per heavy atom. The molecular formula is C6H14N2O4. The number of hydrogen-bond acceptors (Lipinski definition) is 3. The van der Waals surface area contributed by atoms with E-state index in [1.807, 2.05) is 6.92 Å². The minimum atomic E-state index is -1.18. The number of primary amides is 2. The molecule has 0 bridgehead atoms. The van der Waals surface area contributed by atoms with Crippen LogP contribution >= 0.6 is 0 Å². The van der Waals surface area contributed by atoms with Crippen LogP contribution in [0.2, 0.25) is 0 Å². The van der Waals surface area contributed by atoms with E-state index in [1.54, 1.807) is 0 Å². The quantitative estimate of drug-likeness (QED) is 0.431. The van der Waals surface area contributed by atoms with Crippen LogP contribution < -0.4 is 11.5 Å². The number of carboxylic acid groups (broad SMARTS) is 1. The Hall–Kier alpha value is -1.46. The van der Waals surface area contributed by atoms with Crippen LogP contribution in [0.3, 0.4) is 0 Å². The van der Waals surface area contributed by atoms with Crippen LogP contribution in [0.1, 0.15) is 19.8 Å². The zero-order chi connectivity index (χ0) is 9.98. The van der Waals surface area contributed by atoms with E-state index < -0.39 is 12.2 Å². The SMILES string of the molecule is CCCCOC(=O)O.NC(N)=O. The van der Waals surface area contributed by atoms with E-state index in [1.165, 1.54) is 0 Å². The normalized spacial score (nSPS) is 7.75. The highest BCUT2D eigenvalue weighted by molar-refractivity contribution is 5.69. The van der Waals surface area contributed by atoms with Gasteiger partial charge in [-0.25, -0.2) is 9.59 Å². The lowest BCUT2D eigenvalue weighted by molar-refractivity contribution is 0.0905. The first-order chi connectivity index (χ1) is 5.50. The van der Waals surface area contributed by atoms with E-state index in [0.717, 1.165) is 12.8 Å². The second kappa shape index (κ2) is 9.54. The Morgan fingerprint density at radius 1 is 1.42 bits per heavy atom. The van der Waals surface area contributed by atoms with Crippen molar-refractivity contribution in [3.8, 4) is 0 Å². The molecule has 0 saturated heterocycles. The highest BCUT2D eigenvalue weighted by Gasteiger charge is 1.91. The van der Waals surface area contributed by atoms with Gasteiger partial charge in [0.15, 0.2) is 0 Å². The molecule has 5 N–H and O–H groups in total. The van der Waals surface area contributed by atoms with Crippen molar-refractivity contribution in [2.24, 2.45) is 11.5 Å². The average Bonchev–Trinajstić information content (AvgIpc) is 1.86. The van der Waals surface area contributed by atoms with E-state index in [9.17, 15) is 4.79 Å². The molecule has 0 saturated carbocycles. The maximum Gasteiger partial charge on any atom is 0.505 e. The van der Waals surface area contributed by atoms with Crippen LogP contribution in [0.4, 0.5) is 9.59 Å². The molecule has 72 valence electrons. The molecule has 12 heavy (non-hydrogen) atoms. The third-order valence-corrected chi connectivity index (χ3v) is 0.723. The van der Waals surface area contributed by atoms with E-state index >= 15 is 0 Å². The first-order valence-electron chi connectivity index (χ1n) is 3.41. The molecule has 0 radical (unpaired) electrons. The minimum absolute atomic E-state index is 0.325. The van der Waals surface area contributed by atoms with Gasteiger partial charge in [0, 0.05) is 0 Å². The molecule has 0 aliphatic heterocycles. The number of urea groups is 1. The van der Waals surface area contributed by atoms with Crippen molar-refractivity contribution in [3.63, 3.8) is 0 Å². The highest BCUT2D eigenvalue weighted by Crippen LogP contribution is 1.86. The zero-order valence-corrected chi connectivity index (χ0v) is 6.95. The summed E-state index contributed by atoms with van der Waals surface area (Å²) in [5.41, 5.74) is 8.50. The lowest BCUT2D eigenvalue weighted by Crippen LogP contribution is -2.18. The summed E-state index contributed by atoms with van der Waals surface area (Å²) < 4.78 is 4.20. The predicted molar refractivity (Wildman–Crippen MR) is 42.7 cm³/mol. The van der Waals surface area contributed by atoms with Gasteiger partial charge in [-0.05, 0) is 6.42 Å². The molecule has 0 atom stereocenters. The number of ether oxygens (including phenoxy) is 1. The molecule has 0 rings (SSSR count). The Kier molecular flexibility index (Phi) is 10.5. The van der Waals surface area contributed by atoms with Crippen LogP contribution in [-0.2, 0) is 4.74 Å². The predicted octanol–water partition coefficient (Wildman–Crippen LogP) is 0.505. The Morgan fingerprint density at radius 3 is 2.08 bits per heavy atom. The summed E-state index contributed by atoms with van der Waals surface area (Å²) in [4.78, 5) is 18.7. The summed E-state index contributed by atoms with van der Waals surface area (Å²) in [7, 11) is 0. The lowest BCUT2D eigenvalue weighted by atomic mass is 10.4. The van der Waals surface area contributed by atoms with E-state index in [0.29, 0.717) is 6.61 Å². The van der Waals surface area contributed by atoms with Crippen LogP contribution in [0.5, 0.6) is 0 Å². The largest absolute Gasteiger partial charge is 0.505 e. The number of unbranched alkanes of at least 4 members (excludes halogenated alkanes) is 1. The fraction of sp³-hybridized carbons (Fsp3) is 0.667. The number of carbonyl (C=O) groups excluding carboxylic acids is 1. The second-order valence-corrected chi connectivity index (χ2v) is 1.87. The molecule has 0 spiro atoms. The molecule has 0 unspecified atom stereocenters. The topological polar surface area (TPSA) is 116 Å². The standard InChI is InChI=1S/C5H10O3.CH4N2O/c1-2-3-4-8-5(6)7;2-1(3)4/h2-4H2,1H3,(H,6,7);(H4,2,3,4). The maximum atomic E-state index is 9.65. The van der Waals surface area contributed by atoms with Crippen molar-refractivity contribution >= 4 is 12.2 Å². The third-order valence-electron chi connectivity index (χ3n) is 0.723. The maximum absolute atomic E-state index is 9.65. The zero-order valence-electron chi connectivity index (χ0n) is 6.95. The molecule has 0 heterocycles. The fourth-order valence-corrected chi connectivity index (χ4v) is 0.304. The van der Waals surface area contributed by atoms with Crippen LogP contribution in [0.15, 0.2) is 0 Å². The van der Waals surface area contributed by atoms with E-state index in [2.05, 4.69) is 16.2 Å². The minimum Gasteiger partial charge on any atom is -0.450 e. The Bertz CT molecular complexity index is 134. The molecule has 0 aliphatic rings. The van der Waals surface area contributed by atoms with Gasteiger partial charge in [-0.2, -0.15) is 0 Å². The monoisotopic (exact) mass is 178 g/mol. The summed E-state index contributed by atoms with van der Waals surface area (Å²) in [6.07, 6.45) is 0.595. The molecule has 0 aromatic heterocycles. The summed E-state index contributed by atoms with van der Waals surface area (Å²) in [5, 5.41) is 7.92. The smallest absolute Gasteiger partial charge is 0.450 e. The van der Waals surface area contributed by atoms with Gasteiger partial charge in [0.05, 0.1) is 6.61 Å². The summed E-state index contributed by atoms with van der Waals surface area (Å²) in [6.45, 7) is 2.30. The summed E-state index contributed by atoms with van der Waals surface area (Å²) >= 11 is 0. The van der Waals surface area contributed by atoms with Crippen LogP contribution in [0.25, 0.3) is 0 Å². The first kappa shape index (κ1) is 13.2. The van der Waals surface area contributed by atoms with Gasteiger partial charge in [0.25, 0.3) is 0 Å². The van der Waals surface area contributed by atoms with Crippen molar-refractivity contribution in [3.05, 3.63) is 0 Å². The van der Waals surface area contributed by atoms with Gasteiger partial charge in [-0.3, -0.25) is 0 Å². The number of carbonyl (C=O) groups is 2. The molecule has 0 fully saturated rings. The molecular weight excluding hydrogens is 164 g/mol. The van der Waals surface area contributed by atoms with Gasteiger partial charge in [0.2, 0.25) is 0 Å². The van der Waals surface area contributed by atoms with Gasteiger partial charge in [-0.15, -0.1) is 0 Å². The summed E-state index contributed by atoms with van der Waals surface area (Å²) in [5.74, 6) is 0. The van der Waals surface area contributed by atoms with Gasteiger partial charge in [-0.1, -0.05) is 13.3 Å². The summed E-state index contributed by atoms with van der Waals surface area (Å²) in [6, 6.07) is -0.833.